The van der Waals surface area contributed by atoms with Crippen molar-refractivity contribution in [3.05, 3.63) is 88.7 Å². The van der Waals surface area contributed by atoms with Crippen LogP contribution >= 0.6 is 0 Å². The van der Waals surface area contributed by atoms with E-state index in [-0.39, 0.29) is 11.3 Å². The average Bonchev–Trinajstić information content (AvgIpc) is 2.88. The van der Waals surface area contributed by atoms with E-state index < -0.39 is 11.7 Å². The molecule has 2 heterocycles. The van der Waals surface area contributed by atoms with Gasteiger partial charge in [0.2, 0.25) is 0 Å². The quantitative estimate of drug-likeness (QED) is 0.314. The number of piperidine rings is 1. The molecule has 1 aliphatic heterocycles. The molecule has 1 fully saturated rings. The highest BCUT2D eigenvalue weighted by Gasteiger charge is 2.30. The third-order valence-electron chi connectivity index (χ3n) is 6.44. The normalized spacial score (nSPS) is 14.8. The third kappa shape index (κ3) is 5.28. The molecular weight excluding hydrogens is 467 g/mol. The van der Waals surface area contributed by atoms with Crippen LogP contribution in [0.3, 0.4) is 0 Å². The molecule has 1 aliphatic rings. The van der Waals surface area contributed by atoms with Gasteiger partial charge in [0, 0.05) is 18.7 Å². The largest absolute Gasteiger partial charge is 0.457 e. The lowest BCUT2D eigenvalue weighted by molar-refractivity contribution is -0.137. The lowest BCUT2D eigenvalue weighted by Crippen LogP contribution is -2.35. The molecule has 0 aliphatic carbocycles. The van der Waals surface area contributed by atoms with Gasteiger partial charge in [-0.3, -0.25) is 9.36 Å². The molecule has 0 bridgehead atoms. The minimum atomic E-state index is -4.46. The van der Waals surface area contributed by atoms with Gasteiger partial charge < -0.3 is 9.64 Å². The van der Waals surface area contributed by atoms with Crippen molar-refractivity contribution in [3.8, 4) is 22.9 Å². The van der Waals surface area contributed by atoms with Crippen molar-refractivity contribution < 1.29 is 17.9 Å². The van der Waals surface area contributed by atoms with Gasteiger partial charge in [-0.2, -0.15) is 13.2 Å². The standard InChI is InChI=1S/C28H26F3N3O2/c29-28(30,31)21-9-7-11-23(19-21)36-22-10-6-8-20(18-22)26-32-25-13-3-2-12-24(25)27(35)34(26)17-16-33-14-4-1-5-15-33/h2-3,6-13,18-19H,1,4-5,14-17H2. The van der Waals surface area contributed by atoms with E-state index in [2.05, 4.69) is 4.90 Å². The summed E-state index contributed by atoms with van der Waals surface area (Å²) in [6, 6.07) is 18.9. The van der Waals surface area contributed by atoms with Crippen molar-refractivity contribution in [1.82, 2.24) is 14.5 Å². The number of ether oxygens (including phenoxy) is 1. The summed E-state index contributed by atoms with van der Waals surface area (Å²) < 4.78 is 46.8. The summed E-state index contributed by atoms with van der Waals surface area (Å²) in [5.74, 6) is 0.943. The van der Waals surface area contributed by atoms with Crippen LogP contribution in [0.2, 0.25) is 0 Å². The number of likely N-dealkylation sites (tertiary alicyclic amines) is 1. The molecule has 186 valence electrons. The highest BCUT2D eigenvalue weighted by atomic mass is 19.4. The summed E-state index contributed by atoms with van der Waals surface area (Å²) in [6.07, 6.45) is -0.905. The highest BCUT2D eigenvalue weighted by Crippen LogP contribution is 2.33. The van der Waals surface area contributed by atoms with E-state index in [4.69, 9.17) is 9.72 Å². The van der Waals surface area contributed by atoms with Crippen LogP contribution in [0, 0.1) is 0 Å². The molecular formula is C28H26F3N3O2. The minimum Gasteiger partial charge on any atom is -0.457 e. The first-order valence-electron chi connectivity index (χ1n) is 12.1. The van der Waals surface area contributed by atoms with Gasteiger partial charge in [-0.25, -0.2) is 4.98 Å². The summed E-state index contributed by atoms with van der Waals surface area (Å²) in [7, 11) is 0. The van der Waals surface area contributed by atoms with Crippen molar-refractivity contribution in [2.45, 2.75) is 32.0 Å². The topological polar surface area (TPSA) is 47.4 Å². The summed E-state index contributed by atoms with van der Waals surface area (Å²) in [5.41, 5.74) is 0.354. The van der Waals surface area contributed by atoms with Crippen molar-refractivity contribution in [3.63, 3.8) is 0 Å². The van der Waals surface area contributed by atoms with Crippen LogP contribution in [0.15, 0.2) is 77.6 Å². The van der Waals surface area contributed by atoms with Gasteiger partial charge in [0.25, 0.3) is 5.56 Å². The van der Waals surface area contributed by atoms with Gasteiger partial charge in [-0.05, 0) is 68.4 Å². The van der Waals surface area contributed by atoms with Crippen molar-refractivity contribution in [2.24, 2.45) is 0 Å². The molecule has 0 saturated carbocycles. The van der Waals surface area contributed by atoms with E-state index >= 15 is 0 Å². The zero-order chi connectivity index (χ0) is 25.1. The Bertz CT molecular complexity index is 1430. The van der Waals surface area contributed by atoms with E-state index in [1.165, 1.54) is 18.6 Å². The fourth-order valence-electron chi connectivity index (χ4n) is 4.59. The van der Waals surface area contributed by atoms with Crippen LogP contribution in [0.25, 0.3) is 22.3 Å². The second-order valence-corrected chi connectivity index (χ2v) is 8.97. The van der Waals surface area contributed by atoms with Crippen LogP contribution in [-0.4, -0.2) is 34.1 Å². The Hall–Kier alpha value is -3.65. The smallest absolute Gasteiger partial charge is 0.416 e. The predicted molar refractivity (Wildman–Crippen MR) is 133 cm³/mol. The number of hydrogen-bond donors (Lipinski definition) is 0. The molecule has 36 heavy (non-hydrogen) atoms. The fraction of sp³-hybridized carbons (Fsp3) is 0.286. The Morgan fingerprint density at radius 2 is 1.56 bits per heavy atom. The number of aromatic nitrogens is 2. The van der Waals surface area contributed by atoms with Crippen molar-refractivity contribution in [2.75, 3.05) is 19.6 Å². The maximum atomic E-state index is 13.5. The monoisotopic (exact) mass is 493 g/mol. The molecule has 5 nitrogen and oxygen atoms in total. The number of para-hydroxylation sites is 1. The SMILES string of the molecule is O=c1c2ccccc2nc(-c2cccc(Oc3cccc(C(F)(F)F)c3)c2)n1CCN1CCCCC1. The van der Waals surface area contributed by atoms with E-state index in [0.29, 0.717) is 34.6 Å². The highest BCUT2D eigenvalue weighted by molar-refractivity contribution is 5.79. The summed E-state index contributed by atoms with van der Waals surface area (Å²) in [4.78, 5) is 20.6. The number of hydrogen-bond acceptors (Lipinski definition) is 4. The van der Waals surface area contributed by atoms with E-state index in [9.17, 15) is 18.0 Å². The maximum absolute atomic E-state index is 13.5. The predicted octanol–water partition coefficient (Wildman–Crippen LogP) is 6.36. The molecule has 1 saturated heterocycles. The van der Waals surface area contributed by atoms with E-state index in [1.54, 1.807) is 34.9 Å². The molecule has 4 aromatic rings. The summed E-state index contributed by atoms with van der Waals surface area (Å²) in [6.45, 7) is 3.27. The Morgan fingerprint density at radius 3 is 2.33 bits per heavy atom. The van der Waals surface area contributed by atoms with Crippen molar-refractivity contribution in [1.29, 1.82) is 0 Å². The van der Waals surface area contributed by atoms with E-state index in [1.807, 2.05) is 18.2 Å². The molecule has 0 unspecified atom stereocenters. The van der Waals surface area contributed by atoms with Gasteiger partial charge >= 0.3 is 6.18 Å². The molecule has 0 N–H and O–H groups in total. The third-order valence-corrected chi connectivity index (χ3v) is 6.44. The van der Waals surface area contributed by atoms with Gasteiger partial charge in [-0.15, -0.1) is 0 Å². The zero-order valence-electron chi connectivity index (χ0n) is 19.7. The number of nitrogens with zero attached hydrogens (tertiary/aromatic N) is 3. The van der Waals surface area contributed by atoms with Crippen LogP contribution < -0.4 is 10.3 Å². The lowest BCUT2D eigenvalue weighted by atomic mass is 10.1. The first-order valence-corrected chi connectivity index (χ1v) is 12.1. The Labute approximate surface area is 206 Å². The molecule has 8 heteroatoms. The van der Waals surface area contributed by atoms with Gasteiger partial charge in [-0.1, -0.05) is 36.8 Å². The molecule has 3 aromatic carbocycles. The summed E-state index contributed by atoms with van der Waals surface area (Å²) in [5, 5.41) is 0.552. The van der Waals surface area contributed by atoms with Crippen LogP contribution in [0.1, 0.15) is 24.8 Å². The molecule has 0 radical (unpaired) electrons. The van der Waals surface area contributed by atoms with Gasteiger partial charge in [0.1, 0.15) is 17.3 Å². The number of alkyl halides is 3. The second kappa shape index (κ2) is 10.1. The van der Waals surface area contributed by atoms with Crippen LogP contribution in [0.5, 0.6) is 11.5 Å². The number of rotatable bonds is 6. The lowest BCUT2D eigenvalue weighted by Gasteiger charge is -2.27. The van der Waals surface area contributed by atoms with Crippen LogP contribution in [-0.2, 0) is 12.7 Å². The van der Waals surface area contributed by atoms with Crippen molar-refractivity contribution >= 4 is 10.9 Å². The molecule has 0 spiro atoms. The number of fused-ring (bicyclic) bond motifs is 1. The summed E-state index contributed by atoms with van der Waals surface area (Å²) >= 11 is 0. The Morgan fingerprint density at radius 1 is 0.833 bits per heavy atom. The number of benzene rings is 3. The average molecular weight is 494 g/mol. The van der Waals surface area contributed by atoms with E-state index in [0.717, 1.165) is 44.6 Å². The minimum absolute atomic E-state index is 0.0796. The maximum Gasteiger partial charge on any atom is 0.416 e. The number of halogens is 3. The second-order valence-electron chi connectivity index (χ2n) is 8.97. The zero-order valence-corrected chi connectivity index (χ0v) is 19.7. The molecule has 5 rings (SSSR count). The fourth-order valence-corrected chi connectivity index (χ4v) is 4.59. The van der Waals surface area contributed by atoms with Gasteiger partial charge in [0.15, 0.2) is 0 Å². The van der Waals surface area contributed by atoms with Gasteiger partial charge in [0.05, 0.1) is 16.5 Å². The molecule has 0 amide bonds. The first-order chi connectivity index (χ1) is 17.4. The van der Waals surface area contributed by atoms with Crippen LogP contribution in [0.4, 0.5) is 13.2 Å². The molecule has 1 aromatic heterocycles. The Balaban J connectivity index is 1.50. The Kier molecular flexibility index (Phi) is 6.78. The first kappa shape index (κ1) is 24.1. The molecule has 0 atom stereocenters.